The number of ether oxygens (including phenoxy) is 1. The summed E-state index contributed by atoms with van der Waals surface area (Å²) in [7, 11) is 0. The second-order valence-corrected chi connectivity index (χ2v) is 6.92. The predicted octanol–water partition coefficient (Wildman–Crippen LogP) is 2.25. The van der Waals surface area contributed by atoms with Crippen molar-refractivity contribution in [3.8, 4) is 0 Å². The van der Waals surface area contributed by atoms with Crippen LogP contribution in [0.2, 0.25) is 5.02 Å². The third-order valence-electron chi connectivity index (χ3n) is 4.61. The minimum atomic E-state index is -2.70. The minimum absolute atomic E-state index is 0.00216. The Hall–Kier alpha value is -1.97. The molecule has 2 N–H and O–H groups in total. The molecule has 1 aromatic heterocycles. The minimum Gasteiger partial charge on any atom is -0.441 e. The number of halogens is 4. The van der Waals surface area contributed by atoms with Crippen LogP contribution in [0.4, 0.5) is 23.7 Å². The van der Waals surface area contributed by atoms with Gasteiger partial charge in [-0.05, 0) is 12.8 Å². The van der Waals surface area contributed by atoms with Crippen LogP contribution >= 0.6 is 11.6 Å². The molecule has 2 fully saturated rings. The Morgan fingerprint density at radius 2 is 2.08 bits per heavy atom. The van der Waals surface area contributed by atoms with Crippen molar-refractivity contribution in [2.24, 2.45) is 0 Å². The highest BCUT2D eigenvalue weighted by Gasteiger charge is 2.39. The summed E-state index contributed by atoms with van der Waals surface area (Å²) in [6, 6.07) is -0.413. The van der Waals surface area contributed by atoms with Crippen molar-refractivity contribution in [2.75, 3.05) is 18.0 Å². The van der Waals surface area contributed by atoms with E-state index in [0.29, 0.717) is 0 Å². The Bertz CT molecular complexity index is 722. The fourth-order valence-electron chi connectivity index (χ4n) is 3.16. The zero-order valence-electron chi connectivity index (χ0n) is 13.7. The number of carbonyl (C=O) groups is 1. The molecule has 0 unspecified atom stereocenters. The summed E-state index contributed by atoms with van der Waals surface area (Å²) in [6.07, 6.45) is -2.39. The number of amides is 1. The van der Waals surface area contributed by atoms with Gasteiger partial charge >= 0.3 is 6.09 Å². The Kier molecular flexibility index (Phi) is 5.31. The molecule has 0 radical (unpaired) electrons. The highest BCUT2D eigenvalue weighted by Crippen LogP contribution is 2.33. The maximum absolute atomic E-state index is 14.2. The van der Waals surface area contributed by atoms with Crippen LogP contribution in [-0.4, -0.2) is 53.6 Å². The third-order valence-corrected chi connectivity index (χ3v) is 4.98. The summed E-state index contributed by atoms with van der Waals surface area (Å²) >= 11 is 5.90. The number of alkyl carbamates (subject to hydrolysis) is 1. The number of nitrogens with one attached hydrogen (secondary N) is 2. The van der Waals surface area contributed by atoms with Gasteiger partial charge in [-0.1, -0.05) is 11.6 Å². The Labute approximate surface area is 151 Å². The standard InChI is InChI=1S/C15H18ClF3N4O3/c16-12-10(5-20-22-13(12)24)23-6-9(17)11(7-23)26-14(25)21-8-1-3-15(18,19)4-2-8/h5,8-9,11H,1-4,6-7H2,(H,21,25)(H,22,24)/t9-,11-/m0/s1. The third kappa shape index (κ3) is 4.22. The van der Waals surface area contributed by atoms with E-state index < -0.39 is 35.9 Å². The fraction of sp³-hybridized carbons (Fsp3) is 0.667. The zero-order chi connectivity index (χ0) is 18.9. The maximum Gasteiger partial charge on any atom is 0.407 e. The molecule has 1 amide bonds. The number of anilines is 1. The van der Waals surface area contributed by atoms with Gasteiger partial charge in [-0.25, -0.2) is 23.1 Å². The number of alkyl halides is 3. The Balaban J connectivity index is 1.55. The van der Waals surface area contributed by atoms with Crippen LogP contribution < -0.4 is 15.8 Å². The van der Waals surface area contributed by atoms with Crippen molar-refractivity contribution < 1.29 is 22.7 Å². The molecule has 2 atom stereocenters. The Morgan fingerprint density at radius 1 is 1.38 bits per heavy atom. The first-order chi connectivity index (χ1) is 12.2. The van der Waals surface area contributed by atoms with Crippen LogP contribution in [0.3, 0.4) is 0 Å². The van der Waals surface area contributed by atoms with Gasteiger partial charge in [-0.3, -0.25) is 4.79 Å². The van der Waals surface area contributed by atoms with Crippen molar-refractivity contribution in [3.05, 3.63) is 21.6 Å². The smallest absolute Gasteiger partial charge is 0.407 e. The van der Waals surface area contributed by atoms with E-state index in [-0.39, 0.29) is 49.5 Å². The second-order valence-electron chi connectivity index (χ2n) is 6.54. The summed E-state index contributed by atoms with van der Waals surface area (Å²) in [5.41, 5.74) is -0.352. The molecular weight excluding hydrogens is 377 g/mol. The number of hydrogen-bond acceptors (Lipinski definition) is 5. The number of hydrogen-bond donors (Lipinski definition) is 2. The van der Waals surface area contributed by atoms with Gasteiger partial charge in [0.2, 0.25) is 5.92 Å². The lowest BCUT2D eigenvalue weighted by Crippen LogP contribution is -2.42. The van der Waals surface area contributed by atoms with Crippen LogP contribution in [-0.2, 0) is 4.74 Å². The van der Waals surface area contributed by atoms with E-state index in [0.717, 1.165) is 0 Å². The zero-order valence-corrected chi connectivity index (χ0v) is 14.4. The number of nitrogens with zero attached hydrogens (tertiary/aromatic N) is 2. The van der Waals surface area contributed by atoms with Gasteiger partial charge < -0.3 is 15.0 Å². The molecule has 11 heteroatoms. The van der Waals surface area contributed by atoms with E-state index in [4.69, 9.17) is 16.3 Å². The molecule has 26 heavy (non-hydrogen) atoms. The maximum atomic E-state index is 14.2. The van der Waals surface area contributed by atoms with Gasteiger partial charge in [0, 0.05) is 18.9 Å². The number of aromatic nitrogens is 2. The van der Waals surface area contributed by atoms with Gasteiger partial charge in [0.1, 0.15) is 5.02 Å². The van der Waals surface area contributed by atoms with Crippen LogP contribution in [0.5, 0.6) is 0 Å². The fourth-order valence-corrected chi connectivity index (χ4v) is 3.37. The first-order valence-corrected chi connectivity index (χ1v) is 8.60. The van der Waals surface area contributed by atoms with Crippen molar-refractivity contribution in [1.29, 1.82) is 0 Å². The average Bonchev–Trinajstić information content (AvgIpc) is 2.92. The van der Waals surface area contributed by atoms with Gasteiger partial charge in [0.05, 0.1) is 25.0 Å². The van der Waals surface area contributed by atoms with Crippen LogP contribution in [0.25, 0.3) is 0 Å². The molecule has 1 aromatic rings. The number of carbonyl (C=O) groups excluding carboxylic acids is 1. The molecular formula is C15H18ClF3N4O3. The van der Waals surface area contributed by atoms with Crippen LogP contribution in [0, 0.1) is 0 Å². The molecule has 144 valence electrons. The normalized spacial score (nSPS) is 25.9. The van der Waals surface area contributed by atoms with Gasteiger partial charge in [-0.2, -0.15) is 5.10 Å². The topological polar surface area (TPSA) is 87.3 Å². The quantitative estimate of drug-likeness (QED) is 0.821. The molecule has 2 aliphatic rings. The number of aromatic amines is 1. The molecule has 0 bridgehead atoms. The first kappa shape index (κ1) is 18.8. The van der Waals surface area contributed by atoms with Crippen molar-refractivity contribution in [3.63, 3.8) is 0 Å². The number of H-pyrrole nitrogens is 1. The summed E-state index contributed by atoms with van der Waals surface area (Å²) in [5, 5.41) is 8.17. The van der Waals surface area contributed by atoms with E-state index in [1.165, 1.54) is 11.1 Å². The monoisotopic (exact) mass is 394 g/mol. The molecule has 3 rings (SSSR count). The molecule has 7 nitrogen and oxygen atoms in total. The van der Waals surface area contributed by atoms with Gasteiger partial charge in [0.25, 0.3) is 5.56 Å². The first-order valence-electron chi connectivity index (χ1n) is 8.22. The summed E-state index contributed by atoms with van der Waals surface area (Å²) in [4.78, 5) is 24.9. The lowest BCUT2D eigenvalue weighted by molar-refractivity contribution is -0.0408. The summed E-state index contributed by atoms with van der Waals surface area (Å²) in [5.74, 6) is -2.70. The SMILES string of the molecule is O=C(NC1CCC(F)(F)CC1)O[C@H]1CN(c2cn[nH]c(=O)c2Cl)C[C@@H]1F. The van der Waals surface area contributed by atoms with Crippen LogP contribution in [0.1, 0.15) is 25.7 Å². The molecule has 1 saturated heterocycles. The molecule has 0 spiro atoms. The highest BCUT2D eigenvalue weighted by atomic mass is 35.5. The highest BCUT2D eigenvalue weighted by molar-refractivity contribution is 6.33. The van der Waals surface area contributed by atoms with E-state index in [2.05, 4.69) is 15.5 Å². The molecule has 2 heterocycles. The average molecular weight is 395 g/mol. The van der Waals surface area contributed by atoms with E-state index in [9.17, 15) is 22.8 Å². The van der Waals surface area contributed by atoms with E-state index in [1.54, 1.807) is 0 Å². The van der Waals surface area contributed by atoms with Crippen molar-refractivity contribution in [2.45, 2.75) is 49.9 Å². The molecule has 1 aliphatic carbocycles. The van der Waals surface area contributed by atoms with E-state index >= 15 is 0 Å². The Morgan fingerprint density at radius 3 is 2.77 bits per heavy atom. The van der Waals surface area contributed by atoms with Gasteiger partial charge in [-0.15, -0.1) is 0 Å². The largest absolute Gasteiger partial charge is 0.441 e. The second kappa shape index (κ2) is 7.34. The molecule has 1 saturated carbocycles. The van der Waals surface area contributed by atoms with Crippen LogP contribution in [0.15, 0.2) is 11.0 Å². The predicted molar refractivity (Wildman–Crippen MR) is 87.6 cm³/mol. The van der Waals surface area contributed by atoms with Gasteiger partial charge in [0.15, 0.2) is 12.3 Å². The van der Waals surface area contributed by atoms with Crippen molar-refractivity contribution >= 4 is 23.4 Å². The lowest BCUT2D eigenvalue weighted by Gasteiger charge is -2.29. The van der Waals surface area contributed by atoms with E-state index in [1.807, 2.05) is 0 Å². The summed E-state index contributed by atoms with van der Waals surface area (Å²) in [6.45, 7) is -0.110. The molecule has 1 aliphatic heterocycles. The number of rotatable bonds is 3. The summed E-state index contributed by atoms with van der Waals surface area (Å²) < 4.78 is 45.5. The lowest BCUT2D eigenvalue weighted by atomic mass is 9.92. The van der Waals surface area contributed by atoms with Crippen molar-refractivity contribution in [1.82, 2.24) is 15.5 Å². The molecule has 0 aromatic carbocycles.